The molecule has 0 aromatic rings. The van der Waals surface area contributed by atoms with Crippen LogP contribution in [0, 0.1) is 0 Å². The molecular weight excluding hydrogens is 144 g/mol. The van der Waals surface area contributed by atoms with Crippen molar-refractivity contribution in [2.45, 2.75) is 6.10 Å². The standard InChI is InChI=1S/C8H16O3/c1-9-6-4-5-8(11-3)7-10-2/h4-5,8H,6-7H2,1-3H3/b5-4+. The molecule has 0 heterocycles. The maximum atomic E-state index is 5.07. The van der Waals surface area contributed by atoms with Gasteiger partial charge >= 0.3 is 0 Å². The smallest absolute Gasteiger partial charge is 0.0986 e. The minimum absolute atomic E-state index is 0.0372. The maximum Gasteiger partial charge on any atom is 0.0986 e. The molecule has 11 heavy (non-hydrogen) atoms. The van der Waals surface area contributed by atoms with Crippen LogP contribution in [0.15, 0.2) is 12.2 Å². The first-order valence-corrected chi connectivity index (χ1v) is 3.52. The quantitative estimate of drug-likeness (QED) is 0.539. The first-order valence-electron chi connectivity index (χ1n) is 3.52. The van der Waals surface area contributed by atoms with Crippen LogP contribution in [0.4, 0.5) is 0 Å². The van der Waals surface area contributed by atoms with Crippen molar-refractivity contribution in [3.8, 4) is 0 Å². The summed E-state index contributed by atoms with van der Waals surface area (Å²) in [5.74, 6) is 0. The third kappa shape index (κ3) is 6.04. The van der Waals surface area contributed by atoms with Gasteiger partial charge in [-0.3, -0.25) is 0 Å². The van der Waals surface area contributed by atoms with Gasteiger partial charge in [-0.25, -0.2) is 0 Å². The van der Waals surface area contributed by atoms with Crippen molar-refractivity contribution in [3.63, 3.8) is 0 Å². The number of hydrogen-bond donors (Lipinski definition) is 0. The fourth-order valence-electron chi connectivity index (χ4n) is 0.670. The van der Waals surface area contributed by atoms with Crippen LogP contribution in [0.5, 0.6) is 0 Å². The Morgan fingerprint density at radius 2 is 1.91 bits per heavy atom. The largest absolute Gasteiger partial charge is 0.382 e. The Balaban J connectivity index is 3.49. The van der Waals surface area contributed by atoms with Crippen LogP contribution in [-0.2, 0) is 14.2 Å². The third-order valence-electron chi connectivity index (χ3n) is 1.25. The van der Waals surface area contributed by atoms with Gasteiger partial charge in [-0.15, -0.1) is 0 Å². The Morgan fingerprint density at radius 1 is 1.18 bits per heavy atom. The third-order valence-corrected chi connectivity index (χ3v) is 1.25. The second kappa shape index (κ2) is 7.72. The molecule has 0 saturated carbocycles. The number of hydrogen-bond acceptors (Lipinski definition) is 3. The van der Waals surface area contributed by atoms with E-state index < -0.39 is 0 Å². The fourth-order valence-corrected chi connectivity index (χ4v) is 0.670. The highest BCUT2D eigenvalue weighted by molar-refractivity contribution is 4.89. The molecule has 66 valence electrons. The van der Waals surface area contributed by atoms with Crippen LogP contribution in [0.25, 0.3) is 0 Å². The summed E-state index contributed by atoms with van der Waals surface area (Å²) in [5, 5.41) is 0. The summed E-state index contributed by atoms with van der Waals surface area (Å²) in [6.07, 6.45) is 3.87. The molecule has 0 aliphatic heterocycles. The number of methoxy groups -OCH3 is 3. The van der Waals surface area contributed by atoms with E-state index in [-0.39, 0.29) is 6.10 Å². The molecule has 0 aromatic carbocycles. The zero-order valence-electron chi connectivity index (χ0n) is 7.37. The molecule has 0 aliphatic carbocycles. The lowest BCUT2D eigenvalue weighted by atomic mass is 10.3. The van der Waals surface area contributed by atoms with Crippen LogP contribution in [0.2, 0.25) is 0 Å². The monoisotopic (exact) mass is 160 g/mol. The van der Waals surface area contributed by atoms with Gasteiger partial charge in [0.25, 0.3) is 0 Å². The normalized spacial score (nSPS) is 14.1. The summed E-state index contributed by atoms with van der Waals surface area (Å²) >= 11 is 0. The molecule has 0 spiro atoms. The molecule has 0 rings (SSSR count). The summed E-state index contributed by atoms with van der Waals surface area (Å²) in [7, 11) is 4.96. The Morgan fingerprint density at radius 3 is 2.36 bits per heavy atom. The van der Waals surface area contributed by atoms with E-state index in [1.54, 1.807) is 21.3 Å². The Bertz CT molecular complexity index is 102. The lowest BCUT2D eigenvalue weighted by Gasteiger charge is -2.08. The van der Waals surface area contributed by atoms with E-state index in [2.05, 4.69) is 0 Å². The van der Waals surface area contributed by atoms with Crippen molar-refractivity contribution in [2.24, 2.45) is 0 Å². The average Bonchev–Trinajstić information content (AvgIpc) is 2.03. The molecule has 0 aliphatic rings. The molecule has 0 bridgehead atoms. The molecule has 1 atom stereocenters. The Hall–Kier alpha value is -0.380. The van der Waals surface area contributed by atoms with Gasteiger partial charge < -0.3 is 14.2 Å². The van der Waals surface area contributed by atoms with E-state index in [1.807, 2.05) is 12.2 Å². The van der Waals surface area contributed by atoms with E-state index in [0.717, 1.165) is 0 Å². The van der Waals surface area contributed by atoms with Gasteiger partial charge in [-0.1, -0.05) is 12.2 Å². The average molecular weight is 160 g/mol. The molecule has 3 heteroatoms. The summed E-state index contributed by atoms with van der Waals surface area (Å²) in [4.78, 5) is 0. The van der Waals surface area contributed by atoms with E-state index in [0.29, 0.717) is 13.2 Å². The van der Waals surface area contributed by atoms with Crippen LogP contribution in [-0.4, -0.2) is 40.6 Å². The van der Waals surface area contributed by atoms with E-state index in [4.69, 9.17) is 14.2 Å². The van der Waals surface area contributed by atoms with Crippen molar-refractivity contribution >= 4 is 0 Å². The second-order valence-electron chi connectivity index (χ2n) is 2.11. The van der Waals surface area contributed by atoms with Crippen molar-refractivity contribution in [2.75, 3.05) is 34.5 Å². The topological polar surface area (TPSA) is 27.7 Å². The zero-order valence-corrected chi connectivity index (χ0v) is 7.37. The van der Waals surface area contributed by atoms with Gasteiger partial charge in [0.15, 0.2) is 0 Å². The number of rotatable bonds is 6. The molecule has 0 radical (unpaired) electrons. The highest BCUT2D eigenvalue weighted by atomic mass is 16.5. The molecule has 0 amide bonds. The molecule has 0 fully saturated rings. The second-order valence-corrected chi connectivity index (χ2v) is 2.11. The Kier molecular flexibility index (Phi) is 7.46. The predicted molar refractivity (Wildman–Crippen MR) is 43.7 cm³/mol. The molecule has 0 saturated heterocycles. The molecule has 1 unspecified atom stereocenters. The highest BCUT2D eigenvalue weighted by Gasteiger charge is 1.98. The van der Waals surface area contributed by atoms with Crippen molar-refractivity contribution < 1.29 is 14.2 Å². The zero-order chi connectivity index (χ0) is 8.53. The van der Waals surface area contributed by atoms with Crippen molar-refractivity contribution in [1.29, 1.82) is 0 Å². The minimum atomic E-state index is 0.0372. The van der Waals surface area contributed by atoms with E-state index >= 15 is 0 Å². The van der Waals surface area contributed by atoms with E-state index in [9.17, 15) is 0 Å². The van der Waals surface area contributed by atoms with Crippen LogP contribution < -0.4 is 0 Å². The minimum Gasteiger partial charge on any atom is -0.382 e. The Labute approximate surface area is 67.9 Å². The molecule has 0 aromatic heterocycles. The fraction of sp³-hybridized carbons (Fsp3) is 0.750. The van der Waals surface area contributed by atoms with Gasteiger partial charge in [0, 0.05) is 21.3 Å². The van der Waals surface area contributed by atoms with Gasteiger partial charge in [-0.05, 0) is 0 Å². The summed E-state index contributed by atoms with van der Waals surface area (Å²) in [6, 6.07) is 0. The maximum absolute atomic E-state index is 5.07. The first kappa shape index (κ1) is 10.6. The molecule has 0 N–H and O–H groups in total. The highest BCUT2D eigenvalue weighted by Crippen LogP contribution is 1.92. The van der Waals surface area contributed by atoms with Gasteiger partial charge in [0.05, 0.1) is 19.3 Å². The van der Waals surface area contributed by atoms with Crippen molar-refractivity contribution in [3.05, 3.63) is 12.2 Å². The lowest BCUT2D eigenvalue weighted by molar-refractivity contribution is 0.0567. The molecular formula is C8H16O3. The van der Waals surface area contributed by atoms with Crippen LogP contribution >= 0.6 is 0 Å². The lowest BCUT2D eigenvalue weighted by Crippen LogP contribution is -2.14. The predicted octanol–water partition coefficient (Wildman–Crippen LogP) is 0.850. The molecule has 3 nitrogen and oxygen atoms in total. The van der Waals surface area contributed by atoms with E-state index in [1.165, 1.54) is 0 Å². The summed E-state index contributed by atoms with van der Waals surface area (Å²) < 4.78 is 14.8. The summed E-state index contributed by atoms with van der Waals surface area (Å²) in [6.45, 7) is 1.19. The number of ether oxygens (including phenoxy) is 3. The van der Waals surface area contributed by atoms with Crippen LogP contribution in [0.3, 0.4) is 0 Å². The van der Waals surface area contributed by atoms with Gasteiger partial charge in [-0.2, -0.15) is 0 Å². The van der Waals surface area contributed by atoms with Crippen LogP contribution in [0.1, 0.15) is 0 Å². The first-order chi connectivity index (χ1) is 5.35. The van der Waals surface area contributed by atoms with Gasteiger partial charge in [0.2, 0.25) is 0 Å². The SMILES string of the molecule is COC/C=C/C(COC)OC. The van der Waals surface area contributed by atoms with Gasteiger partial charge in [0.1, 0.15) is 0 Å². The summed E-state index contributed by atoms with van der Waals surface area (Å²) in [5.41, 5.74) is 0. The van der Waals surface area contributed by atoms with Crippen molar-refractivity contribution in [1.82, 2.24) is 0 Å².